The van der Waals surface area contributed by atoms with Gasteiger partial charge < -0.3 is 4.74 Å². The summed E-state index contributed by atoms with van der Waals surface area (Å²) in [6.45, 7) is 24.9. The third kappa shape index (κ3) is 5.06. The Kier molecular flexibility index (Phi) is 8.20. The van der Waals surface area contributed by atoms with Gasteiger partial charge in [0.1, 0.15) is 5.75 Å². The van der Waals surface area contributed by atoms with Gasteiger partial charge in [-0.15, -0.1) is 0 Å². The highest BCUT2D eigenvalue weighted by Crippen LogP contribution is 2.35. The molecule has 0 saturated heterocycles. The van der Waals surface area contributed by atoms with Crippen LogP contribution in [0.25, 0.3) is 0 Å². The smallest absolute Gasteiger partial charge is 0.125 e. The van der Waals surface area contributed by atoms with E-state index in [2.05, 4.69) is 88.3 Å². The quantitative estimate of drug-likeness (QED) is 0.336. The van der Waals surface area contributed by atoms with Crippen LogP contribution in [0.2, 0.25) is 0 Å². The van der Waals surface area contributed by atoms with Gasteiger partial charge in [0.25, 0.3) is 0 Å². The van der Waals surface area contributed by atoms with Crippen LogP contribution >= 0.6 is 0 Å². The number of aryl methyl sites for hydroxylation is 4. The zero-order valence-electron chi connectivity index (χ0n) is 24.4. The molecule has 3 rings (SSSR count). The fraction of sp³-hybridized carbons (Fsp3) is 0.471. The van der Waals surface area contributed by atoms with Crippen molar-refractivity contribution in [1.29, 1.82) is 0 Å². The highest BCUT2D eigenvalue weighted by Gasteiger charge is 2.19. The Labute approximate surface area is 214 Å². The van der Waals surface area contributed by atoms with Crippen LogP contribution in [-0.4, -0.2) is 7.11 Å². The van der Waals surface area contributed by atoms with Crippen LogP contribution in [0.15, 0.2) is 12.1 Å². The highest BCUT2D eigenvalue weighted by atomic mass is 16.5. The van der Waals surface area contributed by atoms with Crippen LogP contribution < -0.4 is 4.74 Å². The van der Waals surface area contributed by atoms with E-state index in [0.717, 1.165) is 31.4 Å². The summed E-state index contributed by atoms with van der Waals surface area (Å²) in [5.74, 6) is 1.08. The minimum atomic E-state index is 1.01. The average Bonchev–Trinajstić information content (AvgIpc) is 2.82. The maximum absolute atomic E-state index is 5.91. The molecule has 1 nitrogen and oxygen atoms in total. The van der Waals surface area contributed by atoms with Crippen molar-refractivity contribution in [1.82, 2.24) is 0 Å². The van der Waals surface area contributed by atoms with Gasteiger partial charge >= 0.3 is 0 Å². The molecule has 0 aliphatic heterocycles. The summed E-state index contributed by atoms with van der Waals surface area (Å²) in [5, 5.41) is 0. The summed E-state index contributed by atoms with van der Waals surface area (Å²) in [6.07, 6.45) is 4.27. The van der Waals surface area contributed by atoms with Crippen LogP contribution in [0.4, 0.5) is 0 Å². The largest absolute Gasteiger partial charge is 0.496 e. The molecule has 0 spiro atoms. The zero-order valence-corrected chi connectivity index (χ0v) is 24.4. The second-order valence-electron chi connectivity index (χ2n) is 10.8. The number of hydrogen-bond acceptors (Lipinski definition) is 1. The highest BCUT2D eigenvalue weighted by molar-refractivity contribution is 5.55. The normalized spacial score (nSPS) is 11.3. The van der Waals surface area contributed by atoms with Crippen LogP contribution in [0.5, 0.6) is 5.75 Å². The first-order valence-electron chi connectivity index (χ1n) is 13.2. The van der Waals surface area contributed by atoms with Gasteiger partial charge in [-0.3, -0.25) is 0 Å². The lowest BCUT2D eigenvalue weighted by Gasteiger charge is -2.23. The number of benzene rings is 3. The molecule has 0 bridgehead atoms. The Morgan fingerprint density at radius 1 is 0.429 bits per heavy atom. The number of rotatable bonds is 7. The SMILES string of the molecule is COc1c(C)c(C)c(C)c(C)c1CCc1c(C)c(C)c(CCc2cc(C)c(C)cc2C)c(C)c1C. The Hall–Kier alpha value is -2.54. The van der Waals surface area contributed by atoms with Crippen molar-refractivity contribution < 1.29 is 4.74 Å². The molecule has 0 aromatic heterocycles. The Bertz CT molecular complexity index is 1240. The number of methoxy groups -OCH3 is 1. The van der Waals surface area contributed by atoms with Crippen LogP contribution in [0.3, 0.4) is 0 Å². The van der Waals surface area contributed by atoms with E-state index in [9.17, 15) is 0 Å². The lowest BCUT2D eigenvalue weighted by molar-refractivity contribution is 0.405. The van der Waals surface area contributed by atoms with Crippen molar-refractivity contribution in [3.8, 4) is 5.75 Å². The summed E-state index contributed by atoms with van der Waals surface area (Å²) in [7, 11) is 1.82. The van der Waals surface area contributed by atoms with Gasteiger partial charge in [0, 0.05) is 0 Å². The molecule has 0 radical (unpaired) electrons. The summed E-state index contributed by atoms with van der Waals surface area (Å²) in [4.78, 5) is 0. The third-order valence-corrected chi connectivity index (χ3v) is 9.12. The average molecular weight is 471 g/mol. The lowest BCUT2D eigenvalue weighted by atomic mass is 9.83. The molecule has 0 aliphatic rings. The van der Waals surface area contributed by atoms with E-state index in [1.807, 2.05) is 7.11 Å². The van der Waals surface area contributed by atoms with Crippen molar-refractivity contribution in [2.45, 2.75) is 102 Å². The van der Waals surface area contributed by atoms with Gasteiger partial charge in [-0.2, -0.15) is 0 Å². The minimum Gasteiger partial charge on any atom is -0.496 e. The van der Waals surface area contributed by atoms with Crippen LogP contribution in [0.1, 0.15) is 83.5 Å². The molecule has 188 valence electrons. The molecule has 3 aromatic carbocycles. The summed E-state index contributed by atoms with van der Waals surface area (Å²) in [6, 6.07) is 4.74. The third-order valence-electron chi connectivity index (χ3n) is 9.12. The van der Waals surface area contributed by atoms with Crippen molar-refractivity contribution >= 4 is 0 Å². The van der Waals surface area contributed by atoms with E-state index in [4.69, 9.17) is 4.74 Å². The maximum Gasteiger partial charge on any atom is 0.125 e. The van der Waals surface area contributed by atoms with Gasteiger partial charge in [0.15, 0.2) is 0 Å². The predicted octanol–water partition coefficient (Wildman–Crippen LogP) is 8.66. The molecule has 0 fully saturated rings. The maximum atomic E-state index is 5.91. The molecule has 3 aromatic rings. The van der Waals surface area contributed by atoms with Gasteiger partial charge in [-0.1, -0.05) is 12.1 Å². The predicted molar refractivity (Wildman–Crippen MR) is 153 cm³/mol. The molecule has 35 heavy (non-hydrogen) atoms. The van der Waals surface area contributed by atoms with Crippen molar-refractivity contribution in [2.75, 3.05) is 7.11 Å². The van der Waals surface area contributed by atoms with Crippen molar-refractivity contribution in [2.24, 2.45) is 0 Å². The van der Waals surface area contributed by atoms with Gasteiger partial charge in [-0.05, 0) is 185 Å². The van der Waals surface area contributed by atoms with Crippen molar-refractivity contribution in [3.05, 3.63) is 95.6 Å². The molecule has 0 saturated carbocycles. The summed E-state index contributed by atoms with van der Waals surface area (Å²) in [5.41, 5.74) is 21.4. The Morgan fingerprint density at radius 2 is 0.829 bits per heavy atom. The fourth-order valence-corrected chi connectivity index (χ4v) is 5.95. The van der Waals surface area contributed by atoms with Crippen LogP contribution in [-0.2, 0) is 25.7 Å². The van der Waals surface area contributed by atoms with Gasteiger partial charge in [-0.25, -0.2) is 0 Å². The number of hydrogen-bond donors (Lipinski definition) is 0. The lowest BCUT2D eigenvalue weighted by Crippen LogP contribution is -2.10. The van der Waals surface area contributed by atoms with E-state index in [1.165, 1.54) is 83.5 Å². The molecular formula is C34H46O. The molecule has 0 aliphatic carbocycles. The Balaban J connectivity index is 1.93. The second-order valence-corrected chi connectivity index (χ2v) is 10.8. The Morgan fingerprint density at radius 3 is 1.34 bits per heavy atom. The molecule has 0 heterocycles. The zero-order chi connectivity index (χ0) is 26.2. The molecule has 0 N–H and O–H groups in total. The van der Waals surface area contributed by atoms with E-state index < -0.39 is 0 Å². The number of ether oxygens (including phenoxy) is 1. The molecular weight excluding hydrogens is 424 g/mol. The minimum absolute atomic E-state index is 1.01. The summed E-state index contributed by atoms with van der Waals surface area (Å²) < 4.78 is 5.91. The van der Waals surface area contributed by atoms with Gasteiger partial charge in [0.2, 0.25) is 0 Å². The van der Waals surface area contributed by atoms with Gasteiger partial charge in [0.05, 0.1) is 7.11 Å². The van der Waals surface area contributed by atoms with Crippen LogP contribution in [0, 0.1) is 76.2 Å². The van der Waals surface area contributed by atoms with E-state index in [-0.39, 0.29) is 0 Å². The topological polar surface area (TPSA) is 9.23 Å². The molecule has 1 heteroatoms. The standard InChI is InChI=1S/C34H46O/c1-19-17-21(3)30(18-20(19)2)13-14-31-25(7)27(9)32(28(10)26(31)8)15-16-33-24(6)22(4)23(5)29(11)34(33)35-12/h17-18H,13-16H2,1-12H3. The van der Waals surface area contributed by atoms with E-state index in [0.29, 0.717) is 0 Å². The molecule has 0 unspecified atom stereocenters. The first-order chi connectivity index (χ1) is 16.4. The summed E-state index contributed by atoms with van der Waals surface area (Å²) >= 11 is 0. The van der Waals surface area contributed by atoms with Crippen molar-refractivity contribution in [3.63, 3.8) is 0 Å². The first-order valence-corrected chi connectivity index (χ1v) is 13.2. The first kappa shape index (κ1) is 27.1. The fourth-order valence-electron chi connectivity index (χ4n) is 5.95. The monoisotopic (exact) mass is 470 g/mol. The van der Waals surface area contributed by atoms with E-state index in [1.54, 1.807) is 0 Å². The molecule has 0 atom stereocenters. The van der Waals surface area contributed by atoms with E-state index >= 15 is 0 Å². The molecule has 0 amide bonds. The second kappa shape index (κ2) is 10.6.